The first-order valence-electron chi connectivity index (χ1n) is 4.79. The Morgan fingerprint density at radius 3 is 2.43 bits per heavy atom. The predicted octanol–water partition coefficient (Wildman–Crippen LogP) is 2.93. The van der Waals surface area contributed by atoms with Gasteiger partial charge in [0.15, 0.2) is 0 Å². The molecule has 0 radical (unpaired) electrons. The number of nitrogens with zero attached hydrogens (tertiary/aromatic N) is 1. The number of ether oxygens (including phenoxy) is 1. The molecule has 0 atom stereocenters. The molecule has 0 aromatic heterocycles. The van der Waals surface area contributed by atoms with Crippen LogP contribution in [0.1, 0.15) is 20.8 Å². The summed E-state index contributed by atoms with van der Waals surface area (Å²) in [7, 11) is 0. The minimum absolute atomic E-state index is 0.0138. The van der Waals surface area contributed by atoms with Gasteiger partial charge < -0.3 is 4.74 Å². The zero-order valence-corrected chi connectivity index (χ0v) is 9.03. The lowest BCUT2D eigenvalue weighted by atomic mass is 10.1. The lowest BCUT2D eigenvalue weighted by Gasteiger charge is -2.10. The van der Waals surface area contributed by atoms with E-state index in [9.17, 15) is 0 Å². The molecule has 0 unspecified atom stereocenters. The molecular formula is C12H17NO. The van der Waals surface area contributed by atoms with Crippen molar-refractivity contribution in [1.29, 1.82) is 0 Å². The molecule has 2 heteroatoms. The Morgan fingerprint density at radius 2 is 1.86 bits per heavy atom. The summed E-state index contributed by atoms with van der Waals surface area (Å²) in [6, 6.07) is 9.75. The first-order chi connectivity index (χ1) is 6.58. The van der Waals surface area contributed by atoms with Gasteiger partial charge in [0.25, 0.3) is 0 Å². The standard InChI is InChI=1S/C12H17NO/c1-12(2,3)13-9-10-14-11-7-5-4-6-8-11/h4-9H,10H2,1-3H3. The van der Waals surface area contributed by atoms with Crippen molar-refractivity contribution in [3.63, 3.8) is 0 Å². The average molecular weight is 191 g/mol. The minimum atomic E-state index is -0.0138. The van der Waals surface area contributed by atoms with Crippen LogP contribution < -0.4 is 4.74 Å². The van der Waals surface area contributed by atoms with Gasteiger partial charge in [-0.05, 0) is 32.9 Å². The van der Waals surface area contributed by atoms with Crippen LogP contribution in [0.25, 0.3) is 0 Å². The number of hydrogen-bond acceptors (Lipinski definition) is 2. The summed E-state index contributed by atoms with van der Waals surface area (Å²) >= 11 is 0. The summed E-state index contributed by atoms with van der Waals surface area (Å²) in [4.78, 5) is 4.32. The Balaban J connectivity index is 2.33. The van der Waals surface area contributed by atoms with Gasteiger partial charge in [0.1, 0.15) is 12.4 Å². The van der Waals surface area contributed by atoms with Gasteiger partial charge in [-0.25, -0.2) is 0 Å². The smallest absolute Gasteiger partial charge is 0.123 e. The van der Waals surface area contributed by atoms with Crippen LogP contribution in [0.2, 0.25) is 0 Å². The summed E-state index contributed by atoms with van der Waals surface area (Å²) in [5, 5.41) is 0. The molecule has 0 saturated heterocycles. The highest BCUT2D eigenvalue weighted by Crippen LogP contribution is 2.08. The van der Waals surface area contributed by atoms with Gasteiger partial charge in [-0.15, -0.1) is 0 Å². The zero-order chi connectivity index (χ0) is 10.4. The van der Waals surface area contributed by atoms with Gasteiger partial charge >= 0.3 is 0 Å². The maximum atomic E-state index is 5.45. The summed E-state index contributed by atoms with van der Waals surface area (Å²) in [5.74, 6) is 0.882. The van der Waals surface area contributed by atoms with Crippen molar-refractivity contribution >= 4 is 6.21 Å². The van der Waals surface area contributed by atoms with Gasteiger partial charge in [0, 0.05) is 6.21 Å². The molecule has 14 heavy (non-hydrogen) atoms. The molecule has 1 aromatic rings. The van der Waals surface area contributed by atoms with Crippen molar-refractivity contribution in [2.75, 3.05) is 6.61 Å². The second-order valence-electron chi connectivity index (χ2n) is 4.11. The fraction of sp³-hybridized carbons (Fsp3) is 0.417. The van der Waals surface area contributed by atoms with Crippen molar-refractivity contribution in [2.45, 2.75) is 26.3 Å². The summed E-state index contributed by atoms with van der Waals surface area (Å²) in [6.45, 7) is 6.71. The van der Waals surface area contributed by atoms with Gasteiger partial charge in [-0.2, -0.15) is 0 Å². The average Bonchev–Trinajstić information content (AvgIpc) is 2.13. The molecule has 1 aromatic carbocycles. The van der Waals surface area contributed by atoms with E-state index in [0.29, 0.717) is 6.61 Å². The SMILES string of the molecule is CC(C)(C)N=CCOc1ccccc1. The summed E-state index contributed by atoms with van der Waals surface area (Å²) < 4.78 is 5.45. The number of hydrogen-bond donors (Lipinski definition) is 0. The fourth-order valence-corrected chi connectivity index (χ4v) is 0.961. The van der Waals surface area contributed by atoms with E-state index in [2.05, 4.69) is 25.8 Å². The van der Waals surface area contributed by atoms with E-state index in [-0.39, 0.29) is 5.54 Å². The van der Waals surface area contributed by atoms with Crippen molar-refractivity contribution in [1.82, 2.24) is 0 Å². The first-order valence-corrected chi connectivity index (χ1v) is 4.79. The van der Waals surface area contributed by atoms with E-state index in [4.69, 9.17) is 4.74 Å². The predicted molar refractivity (Wildman–Crippen MR) is 60.2 cm³/mol. The van der Waals surface area contributed by atoms with E-state index >= 15 is 0 Å². The molecule has 0 spiro atoms. The molecule has 0 fully saturated rings. The molecule has 0 aliphatic carbocycles. The lowest BCUT2D eigenvalue weighted by Crippen LogP contribution is -2.11. The van der Waals surface area contributed by atoms with Crippen LogP contribution in [0.5, 0.6) is 5.75 Å². The van der Waals surface area contributed by atoms with E-state index in [0.717, 1.165) is 5.75 Å². The van der Waals surface area contributed by atoms with Crippen LogP contribution in [-0.2, 0) is 0 Å². The maximum Gasteiger partial charge on any atom is 0.123 e. The highest BCUT2D eigenvalue weighted by molar-refractivity contribution is 5.59. The zero-order valence-electron chi connectivity index (χ0n) is 9.03. The molecule has 0 amide bonds. The van der Waals surface area contributed by atoms with Crippen LogP contribution in [0.3, 0.4) is 0 Å². The molecular weight excluding hydrogens is 174 g/mol. The Bertz CT molecular complexity index is 285. The van der Waals surface area contributed by atoms with Crippen LogP contribution in [-0.4, -0.2) is 18.4 Å². The van der Waals surface area contributed by atoms with Crippen molar-refractivity contribution in [3.8, 4) is 5.75 Å². The van der Waals surface area contributed by atoms with Crippen LogP contribution >= 0.6 is 0 Å². The van der Waals surface area contributed by atoms with Crippen molar-refractivity contribution < 1.29 is 4.74 Å². The Labute approximate surface area is 85.6 Å². The molecule has 0 N–H and O–H groups in total. The third kappa shape index (κ3) is 4.65. The quantitative estimate of drug-likeness (QED) is 0.673. The van der Waals surface area contributed by atoms with Crippen molar-refractivity contribution in [3.05, 3.63) is 30.3 Å². The van der Waals surface area contributed by atoms with Crippen LogP contribution in [0.15, 0.2) is 35.3 Å². The Hall–Kier alpha value is -1.31. The minimum Gasteiger partial charge on any atom is -0.488 e. The highest BCUT2D eigenvalue weighted by Gasteiger charge is 2.03. The Kier molecular flexibility index (Phi) is 3.69. The maximum absolute atomic E-state index is 5.45. The van der Waals surface area contributed by atoms with Crippen LogP contribution in [0, 0.1) is 0 Å². The van der Waals surface area contributed by atoms with Gasteiger partial charge in [0.2, 0.25) is 0 Å². The monoisotopic (exact) mass is 191 g/mol. The second kappa shape index (κ2) is 4.80. The molecule has 1 rings (SSSR count). The molecule has 0 saturated carbocycles. The number of para-hydroxylation sites is 1. The number of rotatable bonds is 3. The summed E-state index contributed by atoms with van der Waals surface area (Å²) in [5.41, 5.74) is -0.0138. The molecule has 2 nitrogen and oxygen atoms in total. The Morgan fingerprint density at radius 1 is 1.21 bits per heavy atom. The molecule has 0 aliphatic rings. The third-order valence-corrected chi connectivity index (χ3v) is 1.55. The highest BCUT2D eigenvalue weighted by atomic mass is 16.5. The fourth-order valence-electron chi connectivity index (χ4n) is 0.961. The molecule has 0 heterocycles. The third-order valence-electron chi connectivity index (χ3n) is 1.55. The lowest BCUT2D eigenvalue weighted by molar-refractivity contribution is 0.378. The molecule has 0 bridgehead atoms. The topological polar surface area (TPSA) is 21.6 Å². The summed E-state index contributed by atoms with van der Waals surface area (Å²) in [6.07, 6.45) is 1.81. The largest absolute Gasteiger partial charge is 0.488 e. The first kappa shape index (κ1) is 10.8. The van der Waals surface area contributed by atoms with E-state index in [1.54, 1.807) is 0 Å². The number of benzene rings is 1. The number of aliphatic imine (C=N–C) groups is 1. The van der Waals surface area contributed by atoms with Crippen molar-refractivity contribution in [2.24, 2.45) is 4.99 Å². The van der Waals surface area contributed by atoms with Gasteiger partial charge in [-0.1, -0.05) is 18.2 Å². The van der Waals surface area contributed by atoms with E-state index in [1.807, 2.05) is 36.5 Å². The van der Waals surface area contributed by atoms with Crippen LogP contribution in [0.4, 0.5) is 0 Å². The molecule has 0 aliphatic heterocycles. The van der Waals surface area contributed by atoms with Gasteiger partial charge in [-0.3, -0.25) is 4.99 Å². The van der Waals surface area contributed by atoms with Gasteiger partial charge in [0.05, 0.1) is 5.54 Å². The second-order valence-corrected chi connectivity index (χ2v) is 4.11. The van der Waals surface area contributed by atoms with E-state index < -0.39 is 0 Å². The normalized spacial score (nSPS) is 11.9. The van der Waals surface area contributed by atoms with E-state index in [1.165, 1.54) is 0 Å². The molecule has 76 valence electrons.